The van der Waals surface area contributed by atoms with Crippen LogP contribution in [0.15, 0.2) is 53.6 Å². The van der Waals surface area contributed by atoms with Gasteiger partial charge in [0.2, 0.25) is 0 Å². The highest BCUT2D eigenvalue weighted by Gasteiger charge is 2.20. The molecule has 3 rings (SSSR count). The lowest BCUT2D eigenvalue weighted by molar-refractivity contribution is 0.440. The van der Waals surface area contributed by atoms with Crippen LogP contribution in [-0.2, 0) is 10.0 Å². The van der Waals surface area contributed by atoms with Crippen molar-refractivity contribution in [3.63, 3.8) is 0 Å². The third-order valence-corrected chi connectivity index (χ3v) is 5.40. The Morgan fingerprint density at radius 1 is 1.03 bits per heavy atom. The zero-order chi connectivity index (χ0) is 21.9. The predicted octanol–water partition coefficient (Wildman–Crippen LogP) is 4.35. The molecule has 1 aromatic heterocycles. The van der Waals surface area contributed by atoms with Crippen molar-refractivity contribution in [1.82, 2.24) is 4.98 Å². The smallest absolute Gasteiger partial charge is 0.263 e. The van der Waals surface area contributed by atoms with Crippen molar-refractivity contribution in [2.45, 2.75) is 4.90 Å². The third kappa shape index (κ3) is 4.30. The Morgan fingerprint density at radius 3 is 2.40 bits per heavy atom. The molecule has 0 aliphatic rings. The van der Waals surface area contributed by atoms with Gasteiger partial charge in [0.05, 0.1) is 21.7 Å². The van der Waals surface area contributed by atoms with Crippen molar-refractivity contribution >= 4 is 27.4 Å². The molecule has 0 amide bonds. The minimum Gasteiger partial charge on any atom is -0.453 e. The molecule has 3 aromatic rings. The standard InChI is InChI=1S/C19H9ClF2N4O3S/c20-15-3-5-17(19(22)14(15)9-24)29-16-4-2-13(7-11(16)8-23)30(27,28)26-18-6-1-12(21)10-25-18/h1-7,10H,(H,25,26). The summed E-state index contributed by atoms with van der Waals surface area (Å²) in [6.45, 7) is 0. The number of nitriles is 2. The number of sulfonamides is 1. The number of anilines is 1. The number of aromatic nitrogens is 1. The molecule has 0 spiro atoms. The molecule has 150 valence electrons. The lowest BCUT2D eigenvalue weighted by Crippen LogP contribution is -2.14. The van der Waals surface area contributed by atoms with E-state index in [1.54, 1.807) is 12.1 Å². The van der Waals surface area contributed by atoms with Gasteiger partial charge in [0.1, 0.15) is 35.1 Å². The van der Waals surface area contributed by atoms with Crippen LogP contribution >= 0.6 is 11.6 Å². The second kappa shape index (κ2) is 8.33. The number of halogens is 3. The number of ether oxygens (including phenoxy) is 1. The maximum atomic E-state index is 14.3. The third-order valence-electron chi connectivity index (χ3n) is 3.74. The van der Waals surface area contributed by atoms with Crippen molar-refractivity contribution in [1.29, 1.82) is 10.5 Å². The van der Waals surface area contributed by atoms with E-state index in [-0.39, 0.29) is 32.8 Å². The molecule has 1 heterocycles. The van der Waals surface area contributed by atoms with E-state index in [9.17, 15) is 22.5 Å². The normalized spacial score (nSPS) is 10.7. The van der Waals surface area contributed by atoms with Crippen LogP contribution in [0.5, 0.6) is 11.5 Å². The van der Waals surface area contributed by atoms with Gasteiger partial charge in [0.15, 0.2) is 11.6 Å². The summed E-state index contributed by atoms with van der Waals surface area (Å²) in [5, 5.41) is 18.2. The fourth-order valence-corrected chi connectivity index (χ4v) is 3.54. The molecule has 0 fully saturated rings. The highest BCUT2D eigenvalue weighted by molar-refractivity contribution is 7.92. The van der Waals surface area contributed by atoms with E-state index in [4.69, 9.17) is 21.6 Å². The van der Waals surface area contributed by atoms with Crippen molar-refractivity contribution in [2.24, 2.45) is 0 Å². The molecule has 0 aliphatic heterocycles. The summed E-state index contributed by atoms with van der Waals surface area (Å²) in [6, 6.07) is 11.2. The van der Waals surface area contributed by atoms with Crippen LogP contribution in [0.2, 0.25) is 5.02 Å². The topological polar surface area (TPSA) is 116 Å². The largest absolute Gasteiger partial charge is 0.453 e. The Balaban J connectivity index is 1.93. The molecule has 0 saturated heterocycles. The maximum Gasteiger partial charge on any atom is 0.263 e. The molecule has 0 unspecified atom stereocenters. The summed E-state index contributed by atoms with van der Waals surface area (Å²) in [5.41, 5.74) is -0.638. The first-order valence-corrected chi connectivity index (χ1v) is 9.85. The zero-order valence-corrected chi connectivity index (χ0v) is 16.3. The first-order chi connectivity index (χ1) is 14.2. The average molecular weight is 447 g/mol. The van der Waals surface area contributed by atoms with Crippen LogP contribution in [0.25, 0.3) is 0 Å². The van der Waals surface area contributed by atoms with E-state index in [0.717, 1.165) is 36.5 Å². The number of hydrogen-bond donors (Lipinski definition) is 1. The van der Waals surface area contributed by atoms with E-state index in [1.165, 1.54) is 12.1 Å². The molecule has 1 N–H and O–H groups in total. The van der Waals surface area contributed by atoms with Crippen molar-refractivity contribution in [2.75, 3.05) is 4.72 Å². The number of hydrogen-bond acceptors (Lipinski definition) is 6. The Kier molecular flexibility index (Phi) is 5.83. The molecule has 30 heavy (non-hydrogen) atoms. The van der Waals surface area contributed by atoms with Gasteiger partial charge in [-0.1, -0.05) is 11.6 Å². The Morgan fingerprint density at radius 2 is 1.77 bits per heavy atom. The molecular weight excluding hydrogens is 438 g/mol. The van der Waals surface area contributed by atoms with E-state index < -0.39 is 27.2 Å². The van der Waals surface area contributed by atoms with Crippen LogP contribution in [-0.4, -0.2) is 13.4 Å². The number of benzene rings is 2. The molecule has 2 aromatic carbocycles. The van der Waals surface area contributed by atoms with Crippen molar-refractivity contribution in [3.8, 4) is 23.6 Å². The molecular formula is C19H9ClF2N4O3S. The van der Waals surface area contributed by atoms with Gasteiger partial charge in [0.25, 0.3) is 10.0 Å². The summed E-state index contributed by atoms with van der Waals surface area (Å²) in [6.07, 6.45) is 0.839. The van der Waals surface area contributed by atoms with Gasteiger partial charge in [-0.05, 0) is 42.5 Å². The van der Waals surface area contributed by atoms with Crippen LogP contribution in [0.3, 0.4) is 0 Å². The summed E-state index contributed by atoms with van der Waals surface area (Å²) >= 11 is 5.74. The Labute approximate surface area is 174 Å². The number of rotatable bonds is 5. The van der Waals surface area contributed by atoms with E-state index >= 15 is 0 Å². The van der Waals surface area contributed by atoms with Crippen LogP contribution in [0.4, 0.5) is 14.6 Å². The van der Waals surface area contributed by atoms with Crippen LogP contribution in [0.1, 0.15) is 11.1 Å². The van der Waals surface area contributed by atoms with Crippen molar-refractivity contribution < 1.29 is 21.9 Å². The van der Waals surface area contributed by atoms with Crippen LogP contribution < -0.4 is 9.46 Å². The minimum atomic E-state index is -4.15. The Bertz CT molecular complexity index is 1320. The van der Waals surface area contributed by atoms with Gasteiger partial charge in [-0.15, -0.1) is 0 Å². The number of nitrogens with one attached hydrogen (secondary N) is 1. The first-order valence-electron chi connectivity index (χ1n) is 7.99. The maximum absolute atomic E-state index is 14.3. The quantitative estimate of drug-likeness (QED) is 0.622. The molecule has 0 aliphatic carbocycles. The lowest BCUT2D eigenvalue weighted by atomic mass is 10.2. The van der Waals surface area contributed by atoms with E-state index in [2.05, 4.69) is 9.71 Å². The van der Waals surface area contributed by atoms with Gasteiger partial charge in [-0.3, -0.25) is 4.72 Å². The zero-order valence-electron chi connectivity index (χ0n) is 14.7. The molecule has 0 saturated carbocycles. The lowest BCUT2D eigenvalue weighted by Gasteiger charge is -2.12. The highest BCUT2D eigenvalue weighted by Crippen LogP contribution is 2.32. The molecule has 0 radical (unpaired) electrons. The SMILES string of the molecule is N#Cc1cc(S(=O)(=O)Nc2ccc(F)cn2)ccc1Oc1ccc(Cl)c(C#N)c1F. The summed E-state index contributed by atoms with van der Waals surface area (Å²) < 4.78 is 59.7. The molecule has 7 nitrogen and oxygen atoms in total. The van der Waals surface area contributed by atoms with E-state index in [0.29, 0.717) is 0 Å². The number of nitrogens with zero attached hydrogens (tertiary/aromatic N) is 3. The minimum absolute atomic E-state index is 0.107. The van der Waals surface area contributed by atoms with Gasteiger partial charge < -0.3 is 4.74 Å². The molecule has 11 heteroatoms. The van der Waals surface area contributed by atoms with Gasteiger partial charge >= 0.3 is 0 Å². The van der Waals surface area contributed by atoms with Gasteiger partial charge in [0, 0.05) is 0 Å². The van der Waals surface area contributed by atoms with Crippen LogP contribution in [0, 0.1) is 34.3 Å². The van der Waals surface area contributed by atoms with Gasteiger partial charge in [-0.25, -0.2) is 22.2 Å². The summed E-state index contributed by atoms with van der Waals surface area (Å²) in [7, 11) is -4.15. The first kappa shape index (κ1) is 21.0. The Hall–Kier alpha value is -3.73. The predicted molar refractivity (Wildman–Crippen MR) is 102 cm³/mol. The fourth-order valence-electron chi connectivity index (χ4n) is 2.32. The average Bonchev–Trinajstić information content (AvgIpc) is 2.72. The monoisotopic (exact) mass is 446 g/mol. The number of pyridine rings is 1. The summed E-state index contributed by atoms with van der Waals surface area (Å²) in [5.74, 6) is -2.28. The second-order valence-corrected chi connectivity index (χ2v) is 7.77. The molecule has 0 bridgehead atoms. The second-order valence-electron chi connectivity index (χ2n) is 5.69. The molecule has 0 atom stereocenters. The van der Waals surface area contributed by atoms with E-state index in [1.807, 2.05) is 0 Å². The van der Waals surface area contributed by atoms with Gasteiger partial charge in [-0.2, -0.15) is 10.5 Å². The summed E-state index contributed by atoms with van der Waals surface area (Å²) in [4.78, 5) is 3.31. The van der Waals surface area contributed by atoms with Crippen molar-refractivity contribution in [3.05, 3.63) is 76.4 Å². The highest BCUT2D eigenvalue weighted by atomic mass is 35.5. The fraction of sp³-hybridized carbons (Fsp3) is 0.